The van der Waals surface area contributed by atoms with E-state index in [1.807, 2.05) is 0 Å². The number of nitrogens with one attached hydrogen (secondary N) is 2. The minimum Gasteiger partial charge on any atom is -0.483 e. The van der Waals surface area contributed by atoms with E-state index in [2.05, 4.69) is 42.5 Å². The first-order chi connectivity index (χ1) is 17.6. The summed E-state index contributed by atoms with van der Waals surface area (Å²) < 4.78 is 7.06. The maximum absolute atomic E-state index is 13.2. The molecule has 0 atom stereocenters. The largest absolute Gasteiger partial charge is 0.483 e. The van der Waals surface area contributed by atoms with E-state index in [-0.39, 0.29) is 28.6 Å². The lowest BCUT2D eigenvalue weighted by atomic mass is 10.1. The van der Waals surface area contributed by atoms with Crippen molar-refractivity contribution >= 4 is 96.3 Å². The highest BCUT2D eigenvalue weighted by Crippen LogP contribution is 2.29. The summed E-state index contributed by atoms with van der Waals surface area (Å²) in [6, 6.07) is 15.1. The number of carbonyl (C=O) groups excluding carboxylic acids is 4. The number of benzene rings is 3. The Balaban J connectivity index is 1.57. The predicted molar refractivity (Wildman–Crippen MR) is 148 cm³/mol. The van der Waals surface area contributed by atoms with Crippen molar-refractivity contribution < 1.29 is 23.9 Å². The Morgan fingerprint density at radius 2 is 1.65 bits per heavy atom. The SMILES string of the molecule is O=C(COc1ccc(Br)cc1/C=C1\C(=O)NC(=O)N(c2ccc(Br)cc2)C1=O)Nc1ccc(Cl)c(Cl)c1. The highest BCUT2D eigenvalue weighted by atomic mass is 79.9. The first kappa shape index (κ1) is 26.9. The lowest BCUT2D eigenvalue weighted by Crippen LogP contribution is -2.54. The molecule has 1 aliphatic rings. The zero-order valence-electron chi connectivity index (χ0n) is 18.6. The predicted octanol–water partition coefficient (Wildman–Crippen LogP) is 6.20. The minimum atomic E-state index is -0.862. The van der Waals surface area contributed by atoms with Crippen molar-refractivity contribution in [1.82, 2.24) is 5.32 Å². The molecule has 2 N–H and O–H groups in total. The molecule has 3 aromatic carbocycles. The number of amides is 5. The van der Waals surface area contributed by atoms with E-state index >= 15 is 0 Å². The van der Waals surface area contributed by atoms with Crippen LogP contribution in [-0.4, -0.2) is 30.4 Å². The van der Waals surface area contributed by atoms with Crippen LogP contribution in [0.5, 0.6) is 5.75 Å². The Morgan fingerprint density at radius 3 is 2.35 bits per heavy atom. The zero-order valence-corrected chi connectivity index (χ0v) is 23.2. The fraction of sp³-hybridized carbons (Fsp3) is 0.0400. The molecule has 0 unspecified atom stereocenters. The van der Waals surface area contributed by atoms with Crippen molar-refractivity contribution in [2.75, 3.05) is 16.8 Å². The summed E-state index contributed by atoms with van der Waals surface area (Å²) in [5.41, 5.74) is 0.767. The van der Waals surface area contributed by atoms with Gasteiger partial charge in [-0.2, -0.15) is 0 Å². The number of carbonyl (C=O) groups is 4. The summed E-state index contributed by atoms with van der Waals surface area (Å²) in [6.45, 7) is -0.373. The van der Waals surface area contributed by atoms with Crippen molar-refractivity contribution in [3.63, 3.8) is 0 Å². The van der Waals surface area contributed by atoms with Crippen molar-refractivity contribution in [1.29, 1.82) is 0 Å². The molecular weight excluding hydrogens is 653 g/mol. The van der Waals surface area contributed by atoms with Crippen LogP contribution in [0.25, 0.3) is 6.08 Å². The van der Waals surface area contributed by atoms with E-state index < -0.39 is 23.8 Å². The number of nitrogens with zero attached hydrogens (tertiary/aromatic N) is 1. The number of barbiturate groups is 1. The molecule has 1 heterocycles. The lowest BCUT2D eigenvalue weighted by molar-refractivity contribution is -0.122. The molecule has 3 aromatic rings. The minimum absolute atomic E-state index is 0.229. The van der Waals surface area contributed by atoms with Gasteiger partial charge in [-0.25, -0.2) is 9.69 Å². The summed E-state index contributed by atoms with van der Waals surface area (Å²) in [7, 11) is 0. The normalized spacial score (nSPS) is 14.5. The van der Waals surface area contributed by atoms with Crippen molar-refractivity contribution in [3.05, 3.63) is 90.8 Å². The summed E-state index contributed by atoms with van der Waals surface area (Å²) in [4.78, 5) is 51.5. The van der Waals surface area contributed by atoms with Gasteiger partial charge < -0.3 is 10.1 Å². The molecule has 188 valence electrons. The van der Waals surface area contributed by atoms with Gasteiger partial charge in [-0.1, -0.05) is 55.1 Å². The number of hydrogen-bond donors (Lipinski definition) is 2. The van der Waals surface area contributed by atoms with Crippen LogP contribution in [0.15, 0.2) is 75.2 Å². The van der Waals surface area contributed by atoms with Gasteiger partial charge in [0.2, 0.25) is 0 Å². The van der Waals surface area contributed by atoms with Gasteiger partial charge in [0.25, 0.3) is 17.7 Å². The van der Waals surface area contributed by atoms with Crippen molar-refractivity contribution in [2.45, 2.75) is 0 Å². The van der Waals surface area contributed by atoms with Crippen LogP contribution in [0, 0.1) is 0 Å². The van der Waals surface area contributed by atoms with Crippen molar-refractivity contribution in [3.8, 4) is 5.75 Å². The summed E-state index contributed by atoms with van der Waals surface area (Å²) >= 11 is 18.5. The molecule has 0 aromatic heterocycles. The maximum atomic E-state index is 13.2. The Hall–Kier alpha value is -3.18. The Morgan fingerprint density at radius 1 is 0.946 bits per heavy atom. The second-order valence-corrected chi connectivity index (χ2v) is 10.2. The highest BCUT2D eigenvalue weighted by Gasteiger charge is 2.37. The molecule has 4 rings (SSSR count). The van der Waals surface area contributed by atoms with Gasteiger partial charge in [0, 0.05) is 20.2 Å². The summed E-state index contributed by atoms with van der Waals surface area (Å²) in [5.74, 6) is -1.91. The number of imide groups is 2. The number of halogens is 4. The number of hydrogen-bond acceptors (Lipinski definition) is 5. The molecule has 1 fully saturated rings. The van der Waals surface area contributed by atoms with Crippen LogP contribution in [0.3, 0.4) is 0 Å². The van der Waals surface area contributed by atoms with E-state index in [9.17, 15) is 19.2 Å². The second-order valence-electron chi connectivity index (χ2n) is 7.58. The standard InChI is InChI=1S/C25H15Br2Cl2N3O5/c26-14-1-5-17(6-2-14)32-24(35)18(23(34)31-25(32)36)10-13-9-15(27)3-8-21(13)37-12-22(33)30-16-4-7-19(28)20(29)11-16/h1-11H,12H2,(H,30,33)(H,31,34,36)/b18-10+. The number of urea groups is 1. The Bertz CT molecular complexity index is 1460. The van der Waals surface area contributed by atoms with Crippen LogP contribution in [-0.2, 0) is 14.4 Å². The van der Waals surface area contributed by atoms with Gasteiger partial charge in [0.15, 0.2) is 6.61 Å². The molecule has 0 saturated carbocycles. The third kappa shape index (κ3) is 6.40. The van der Waals surface area contributed by atoms with Crippen LogP contribution >= 0.6 is 55.1 Å². The zero-order chi connectivity index (χ0) is 26.7. The Labute approximate surface area is 237 Å². The first-order valence-corrected chi connectivity index (χ1v) is 12.8. The molecule has 1 saturated heterocycles. The smallest absolute Gasteiger partial charge is 0.335 e. The molecule has 8 nitrogen and oxygen atoms in total. The van der Waals surface area contributed by atoms with E-state index in [0.717, 1.165) is 9.37 Å². The average Bonchev–Trinajstić information content (AvgIpc) is 2.84. The third-order valence-electron chi connectivity index (χ3n) is 5.02. The third-order valence-corrected chi connectivity index (χ3v) is 6.78. The van der Waals surface area contributed by atoms with Gasteiger partial charge in [0.05, 0.1) is 15.7 Å². The first-order valence-electron chi connectivity index (χ1n) is 10.5. The van der Waals surface area contributed by atoms with Gasteiger partial charge in [0.1, 0.15) is 11.3 Å². The molecule has 1 aliphatic heterocycles. The van der Waals surface area contributed by atoms with Gasteiger partial charge in [-0.15, -0.1) is 0 Å². The monoisotopic (exact) mass is 665 g/mol. The fourth-order valence-corrected chi connectivity index (χ4v) is 4.26. The van der Waals surface area contributed by atoms with Gasteiger partial charge >= 0.3 is 6.03 Å². The molecule has 5 amide bonds. The molecule has 37 heavy (non-hydrogen) atoms. The maximum Gasteiger partial charge on any atom is 0.335 e. The number of rotatable bonds is 6. The fourth-order valence-electron chi connectivity index (χ4n) is 3.32. The Kier molecular flexibility index (Phi) is 8.33. The van der Waals surface area contributed by atoms with Gasteiger partial charge in [-0.3, -0.25) is 19.7 Å². The summed E-state index contributed by atoms with van der Waals surface area (Å²) in [6.07, 6.45) is 1.30. The quantitative estimate of drug-likeness (QED) is 0.241. The van der Waals surface area contributed by atoms with Crippen LogP contribution in [0.2, 0.25) is 10.0 Å². The topological polar surface area (TPSA) is 105 Å². The molecule has 0 aliphatic carbocycles. The van der Waals surface area contributed by atoms with Crippen LogP contribution in [0.1, 0.15) is 5.56 Å². The molecule has 0 spiro atoms. The number of ether oxygens (including phenoxy) is 1. The number of anilines is 2. The van der Waals surface area contributed by atoms with Crippen LogP contribution in [0.4, 0.5) is 16.2 Å². The summed E-state index contributed by atoms with van der Waals surface area (Å²) in [5, 5.41) is 5.45. The van der Waals surface area contributed by atoms with E-state index in [1.165, 1.54) is 12.1 Å². The van der Waals surface area contributed by atoms with Crippen molar-refractivity contribution in [2.24, 2.45) is 0 Å². The second kappa shape index (κ2) is 11.5. The van der Waals surface area contributed by atoms with E-state index in [0.29, 0.717) is 20.7 Å². The van der Waals surface area contributed by atoms with Crippen LogP contribution < -0.4 is 20.3 Å². The van der Waals surface area contributed by atoms with E-state index in [1.54, 1.807) is 54.6 Å². The highest BCUT2D eigenvalue weighted by molar-refractivity contribution is 9.10. The average molecular weight is 668 g/mol. The molecule has 0 radical (unpaired) electrons. The molecule has 0 bridgehead atoms. The van der Waals surface area contributed by atoms with Gasteiger partial charge in [-0.05, 0) is 66.7 Å². The molecular formula is C25H15Br2Cl2N3O5. The lowest BCUT2D eigenvalue weighted by Gasteiger charge is -2.26. The molecule has 12 heteroatoms. The van der Waals surface area contributed by atoms with E-state index in [4.69, 9.17) is 27.9 Å².